The maximum atomic E-state index is 13.3. The zero-order valence-corrected chi connectivity index (χ0v) is 11.2. The zero-order chi connectivity index (χ0) is 13.7. The lowest BCUT2D eigenvalue weighted by molar-refractivity contribution is -0.138. The molecule has 0 amide bonds. The van der Waals surface area contributed by atoms with Gasteiger partial charge in [0.25, 0.3) is 0 Å². The summed E-state index contributed by atoms with van der Waals surface area (Å²) in [5.74, 6) is -1.01. The molecule has 0 aliphatic carbocycles. The minimum Gasteiger partial charge on any atom is -0.480 e. The number of carboxylic acid groups (broad SMARTS) is 1. The van der Waals surface area contributed by atoms with E-state index in [0.29, 0.717) is 19.0 Å². The van der Waals surface area contributed by atoms with Crippen molar-refractivity contribution >= 4 is 17.6 Å². The maximum Gasteiger partial charge on any atom is 0.317 e. The van der Waals surface area contributed by atoms with Gasteiger partial charge in [-0.3, -0.25) is 9.69 Å². The minimum atomic E-state index is -0.884. The van der Waals surface area contributed by atoms with Gasteiger partial charge in [0.2, 0.25) is 0 Å². The number of carbonyl (C=O) groups is 1. The fourth-order valence-electron chi connectivity index (χ4n) is 1.79. The third-order valence-electron chi connectivity index (χ3n) is 2.37. The number of rotatable bonds is 6. The Kier molecular flexibility index (Phi) is 5.56. The Morgan fingerprint density at radius 1 is 1.50 bits per heavy atom. The van der Waals surface area contributed by atoms with Crippen LogP contribution in [0, 0.1) is 11.7 Å². The molecule has 0 atom stereocenters. The maximum absolute atomic E-state index is 13.3. The van der Waals surface area contributed by atoms with Crippen LogP contribution in [0.2, 0.25) is 5.02 Å². The van der Waals surface area contributed by atoms with E-state index in [1.807, 2.05) is 13.8 Å². The van der Waals surface area contributed by atoms with Crippen LogP contribution in [0.5, 0.6) is 0 Å². The predicted molar refractivity (Wildman–Crippen MR) is 69.2 cm³/mol. The summed E-state index contributed by atoms with van der Waals surface area (Å²) in [5, 5.41) is 8.91. The highest BCUT2D eigenvalue weighted by atomic mass is 35.5. The first-order chi connectivity index (χ1) is 8.38. The molecule has 3 nitrogen and oxygen atoms in total. The Labute approximate surface area is 111 Å². The summed E-state index contributed by atoms with van der Waals surface area (Å²) >= 11 is 5.60. The van der Waals surface area contributed by atoms with E-state index in [0.717, 1.165) is 5.56 Å². The highest BCUT2D eigenvalue weighted by molar-refractivity contribution is 6.30. The van der Waals surface area contributed by atoms with Gasteiger partial charge >= 0.3 is 5.97 Å². The van der Waals surface area contributed by atoms with Crippen LogP contribution in [-0.4, -0.2) is 29.1 Å². The van der Waals surface area contributed by atoms with E-state index >= 15 is 0 Å². The van der Waals surface area contributed by atoms with E-state index in [9.17, 15) is 9.18 Å². The Morgan fingerprint density at radius 2 is 2.17 bits per heavy atom. The normalized spacial score (nSPS) is 11.2. The molecule has 100 valence electrons. The molecule has 0 aromatic heterocycles. The van der Waals surface area contributed by atoms with E-state index in [4.69, 9.17) is 16.7 Å². The number of hydrogen-bond donors (Lipinski definition) is 1. The molecule has 1 N–H and O–H groups in total. The van der Waals surface area contributed by atoms with Crippen molar-refractivity contribution in [3.05, 3.63) is 34.6 Å². The molecular formula is C13H17ClFNO2. The van der Waals surface area contributed by atoms with Crippen LogP contribution in [0.25, 0.3) is 0 Å². The molecule has 0 bridgehead atoms. The first-order valence-corrected chi connectivity index (χ1v) is 6.14. The van der Waals surface area contributed by atoms with Gasteiger partial charge in [-0.2, -0.15) is 0 Å². The smallest absolute Gasteiger partial charge is 0.317 e. The van der Waals surface area contributed by atoms with Gasteiger partial charge in [-0.15, -0.1) is 0 Å². The summed E-state index contributed by atoms with van der Waals surface area (Å²) in [6.07, 6.45) is 0. The van der Waals surface area contributed by atoms with Crippen LogP contribution in [0.4, 0.5) is 4.39 Å². The van der Waals surface area contributed by atoms with Gasteiger partial charge < -0.3 is 5.11 Å². The number of benzene rings is 1. The van der Waals surface area contributed by atoms with Crippen LogP contribution in [0.15, 0.2) is 18.2 Å². The molecule has 0 radical (unpaired) electrons. The van der Waals surface area contributed by atoms with Gasteiger partial charge in [-0.25, -0.2) is 4.39 Å². The lowest BCUT2D eigenvalue weighted by Gasteiger charge is -2.22. The van der Waals surface area contributed by atoms with Gasteiger partial charge in [-0.1, -0.05) is 31.5 Å². The SMILES string of the molecule is CC(C)CN(CC(=O)O)Cc1ccc(Cl)c(F)c1. The number of halogens is 2. The summed E-state index contributed by atoms with van der Waals surface area (Å²) in [7, 11) is 0. The van der Waals surface area contributed by atoms with Gasteiger partial charge in [0.05, 0.1) is 11.6 Å². The van der Waals surface area contributed by atoms with Crippen LogP contribution >= 0.6 is 11.6 Å². The average Bonchev–Trinajstić information content (AvgIpc) is 2.21. The van der Waals surface area contributed by atoms with Crippen molar-refractivity contribution in [3.63, 3.8) is 0 Å². The molecule has 1 aromatic rings. The zero-order valence-electron chi connectivity index (χ0n) is 10.5. The second-order valence-electron chi connectivity index (χ2n) is 4.71. The van der Waals surface area contributed by atoms with Crippen molar-refractivity contribution in [2.24, 2.45) is 5.92 Å². The van der Waals surface area contributed by atoms with Crippen LogP contribution in [0.1, 0.15) is 19.4 Å². The van der Waals surface area contributed by atoms with Gasteiger partial charge in [0, 0.05) is 13.1 Å². The summed E-state index contributed by atoms with van der Waals surface area (Å²) in [6, 6.07) is 4.54. The van der Waals surface area contributed by atoms with Crippen molar-refractivity contribution in [2.75, 3.05) is 13.1 Å². The van der Waals surface area contributed by atoms with Crippen molar-refractivity contribution in [1.82, 2.24) is 4.90 Å². The lowest BCUT2D eigenvalue weighted by Crippen LogP contribution is -2.32. The molecule has 0 saturated carbocycles. The Bertz CT molecular complexity index is 423. The molecule has 18 heavy (non-hydrogen) atoms. The van der Waals surface area contributed by atoms with E-state index in [-0.39, 0.29) is 11.6 Å². The Morgan fingerprint density at radius 3 is 2.67 bits per heavy atom. The van der Waals surface area contributed by atoms with E-state index in [1.54, 1.807) is 11.0 Å². The molecule has 0 saturated heterocycles. The molecule has 0 unspecified atom stereocenters. The highest BCUT2D eigenvalue weighted by Gasteiger charge is 2.12. The number of aliphatic carboxylic acids is 1. The van der Waals surface area contributed by atoms with Crippen molar-refractivity contribution < 1.29 is 14.3 Å². The number of hydrogen-bond acceptors (Lipinski definition) is 2. The topological polar surface area (TPSA) is 40.5 Å². The second kappa shape index (κ2) is 6.71. The third-order valence-corrected chi connectivity index (χ3v) is 2.68. The van der Waals surface area contributed by atoms with Crippen molar-refractivity contribution in [2.45, 2.75) is 20.4 Å². The van der Waals surface area contributed by atoms with Crippen molar-refractivity contribution in [1.29, 1.82) is 0 Å². The summed E-state index contributed by atoms with van der Waals surface area (Å²) in [5.41, 5.74) is 0.721. The highest BCUT2D eigenvalue weighted by Crippen LogP contribution is 2.17. The van der Waals surface area contributed by atoms with E-state index < -0.39 is 11.8 Å². The molecule has 5 heteroatoms. The molecule has 0 heterocycles. The Hall–Kier alpha value is -1.13. The van der Waals surface area contributed by atoms with Gasteiger partial charge in [-0.05, 0) is 23.6 Å². The van der Waals surface area contributed by atoms with Crippen LogP contribution in [0.3, 0.4) is 0 Å². The summed E-state index contributed by atoms with van der Waals surface area (Å²) in [4.78, 5) is 12.5. The van der Waals surface area contributed by atoms with Crippen molar-refractivity contribution in [3.8, 4) is 0 Å². The van der Waals surface area contributed by atoms with E-state index in [2.05, 4.69) is 0 Å². The first kappa shape index (κ1) is 14.9. The molecule has 0 fully saturated rings. The average molecular weight is 274 g/mol. The fourth-order valence-corrected chi connectivity index (χ4v) is 1.91. The molecule has 1 aromatic carbocycles. The van der Waals surface area contributed by atoms with Gasteiger partial charge in [0.15, 0.2) is 0 Å². The largest absolute Gasteiger partial charge is 0.480 e. The fraction of sp³-hybridized carbons (Fsp3) is 0.462. The molecule has 0 spiro atoms. The molecular weight excluding hydrogens is 257 g/mol. The summed E-state index contributed by atoms with van der Waals surface area (Å²) in [6.45, 7) is 5.02. The first-order valence-electron chi connectivity index (χ1n) is 5.76. The third kappa shape index (κ3) is 5.02. The molecule has 0 aliphatic rings. The quantitative estimate of drug-likeness (QED) is 0.866. The molecule has 0 aliphatic heterocycles. The van der Waals surface area contributed by atoms with Crippen LogP contribution in [-0.2, 0) is 11.3 Å². The van der Waals surface area contributed by atoms with Crippen LogP contribution < -0.4 is 0 Å². The minimum absolute atomic E-state index is 0.0531. The number of carboxylic acids is 1. The molecule has 1 rings (SSSR count). The predicted octanol–water partition coefficient (Wildman–Crippen LogP) is 3.02. The van der Waals surface area contributed by atoms with E-state index in [1.165, 1.54) is 12.1 Å². The monoisotopic (exact) mass is 273 g/mol. The Balaban J connectivity index is 2.74. The second-order valence-corrected chi connectivity index (χ2v) is 5.11. The lowest BCUT2D eigenvalue weighted by atomic mass is 10.1. The standard InChI is InChI=1S/C13H17ClFNO2/c1-9(2)6-16(8-13(17)18)7-10-3-4-11(14)12(15)5-10/h3-5,9H,6-8H2,1-2H3,(H,17,18). The van der Waals surface area contributed by atoms with Gasteiger partial charge in [0.1, 0.15) is 5.82 Å². The summed E-state index contributed by atoms with van der Waals surface area (Å²) < 4.78 is 13.3. The number of nitrogens with zero attached hydrogens (tertiary/aromatic N) is 1.